The van der Waals surface area contributed by atoms with Gasteiger partial charge in [-0.25, -0.2) is 0 Å². The van der Waals surface area contributed by atoms with Gasteiger partial charge in [-0.05, 0) is 75.4 Å². The van der Waals surface area contributed by atoms with Gasteiger partial charge >= 0.3 is 5.97 Å². The summed E-state index contributed by atoms with van der Waals surface area (Å²) in [6.07, 6.45) is 11.6. The van der Waals surface area contributed by atoms with E-state index < -0.39 is 14.3 Å². The van der Waals surface area contributed by atoms with Crippen LogP contribution in [0, 0.1) is 23.7 Å². The van der Waals surface area contributed by atoms with Crippen LogP contribution in [0.1, 0.15) is 65.7 Å². The Morgan fingerprint density at radius 3 is 2.48 bits per heavy atom. The van der Waals surface area contributed by atoms with Crippen molar-refractivity contribution in [2.24, 2.45) is 23.7 Å². The predicted molar refractivity (Wildman–Crippen MR) is 108 cm³/mol. The maximum Gasteiger partial charge on any atom is 0.303 e. The van der Waals surface area contributed by atoms with Crippen LogP contribution in [0.4, 0.5) is 0 Å². The van der Waals surface area contributed by atoms with E-state index in [9.17, 15) is 4.79 Å². The Bertz CT molecular complexity index is 425. The van der Waals surface area contributed by atoms with Crippen molar-refractivity contribution in [3.05, 3.63) is 12.2 Å². The van der Waals surface area contributed by atoms with Crippen molar-refractivity contribution in [1.29, 1.82) is 0 Å². The van der Waals surface area contributed by atoms with Crippen molar-refractivity contribution in [1.82, 2.24) is 0 Å². The number of carbonyl (C=O) groups is 1. The summed E-state index contributed by atoms with van der Waals surface area (Å²) in [6, 6.07) is 0. The molecule has 1 fully saturated rings. The molecule has 4 atom stereocenters. The predicted octanol–water partition coefficient (Wildman–Crippen LogP) is 6.12. The minimum Gasteiger partial charge on any atom is -0.481 e. The quantitative estimate of drug-likeness (QED) is 0.271. The lowest BCUT2D eigenvalue weighted by Crippen LogP contribution is -2.35. The monoisotopic (exact) mass is 368 g/mol. The Morgan fingerprint density at radius 1 is 1.24 bits per heavy atom. The molecule has 0 saturated heterocycles. The van der Waals surface area contributed by atoms with Gasteiger partial charge in [0.05, 0.1) is 0 Å². The Hall–Kier alpha value is -0.613. The standard InChI is InChI=1S/C21H40O3Si/c1-16(2)13-14-18-17(3)15-20(24-25(4,5)6)19(18)11-9-7-8-10-12-21(22)23/h7,9,16-20H,8,10-15H2,1-6H3,(H,22,23)/b9-7-/t17-,18+,19-,20+/m1/s1. The highest BCUT2D eigenvalue weighted by molar-refractivity contribution is 6.69. The molecule has 0 aliphatic heterocycles. The maximum absolute atomic E-state index is 10.6. The SMILES string of the molecule is CC(C)CC[C@@H]1[C@@H](C/C=C\CCCC(=O)O)[C@@H](O[Si](C)(C)C)C[C@H]1C. The fraction of sp³-hybridized carbons (Fsp3) is 0.857. The van der Waals surface area contributed by atoms with Crippen molar-refractivity contribution in [3.63, 3.8) is 0 Å². The van der Waals surface area contributed by atoms with Crippen LogP contribution < -0.4 is 0 Å². The Labute approximate surface area is 156 Å². The zero-order valence-electron chi connectivity index (χ0n) is 17.3. The molecule has 0 heterocycles. The zero-order chi connectivity index (χ0) is 19.0. The molecule has 0 aromatic carbocycles. The molecule has 0 radical (unpaired) electrons. The molecule has 1 aliphatic carbocycles. The summed E-state index contributed by atoms with van der Waals surface area (Å²) in [5.74, 6) is 2.18. The lowest BCUT2D eigenvalue weighted by Gasteiger charge is -2.30. The van der Waals surface area contributed by atoms with Crippen molar-refractivity contribution < 1.29 is 14.3 Å². The van der Waals surface area contributed by atoms with Crippen LogP contribution in [0.3, 0.4) is 0 Å². The summed E-state index contributed by atoms with van der Waals surface area (Å²) in [6.45, 7) is 13.9. The summed E-state index contributed by atoms with van der Waals surface area (Å²) in [5, 5.41) is 8.72. The first-order valence-electron chi connectivity index (χ1n) is 10.1. The van der Waals surface area contributed by atoms with Gasteiger partial charge in [0.15, 0.2) is 8.32 Å². The van der Waals surface area contributed by atoms with Crippen LogP contribution in [0.2, 0.25) is 19.6 Å². The molecular weight excluding hydrogens is 328 g/mol. The molecule has 25 heavy (non-hydrogen) atoms. The van der Waals surface area contributed by atoms with Crippen LogP contribution >= 0.6 is 0 Å². The second kappa shape index (κ2) is 10.5. The third kappa shape index (κ3) is 9.05. The van der Waals surface area contributed by atoms with Crippen LogP contribution in [0.15, 0.2) is 12.2 Å². The Balaban J connectivity index is 2.65. The van der Waals surface area contributed by atoms with Crippen molar-refractivity contribution in [2.75, 3.05) is 0 Å². The average Bonchev–Trinajstić information content (AvgIpc) is 2.73. The largest absolute Gasteiger partial charge is 0.481 e. The highest BCUT2D eigenvalue weighted by Gasteiger charge is 2.42. The van der Waals surface area contributed by atoms with Gasteiger partial charge in [-0.1, -0.05) is 39.3 Å². The first-order valence-corrected chi connectivity index (χ1v) is 13.6. The zero-order valence-corrected chi connectivity index (χ0v) is 18.3. The highest BCUT2D eigenvalue weighted by Crippen LogP contribution is 2.44. The van der Waals surface area contributed by atoms with Crippen LogP contribution in [-0.4, -0.2) is 25.5 Å². The molecule has 0 aromatic rings. The summed E-state index contributed by atoms with van der Waals surface area (Å²) >= 11 is 0. The van der Waals surface area contributed by atoms with Gasteiger partial charge in [-0.15, -0.1) is 0 Å². The second-order valence-corrected chi connectivity index (χ2v) is 13.7. The minimum atomic E-state index is -1.53. The normalized spacial score (nSPS) is 27.5. The van der Waals surface area contributed by atoms with Gasteiger partial charge in [0, 0.05) is 12.5 Å². The number of unbranched alkanes of at least 4 members (excludes halogenated alkanes) is 1. The molecule has 3 nitrogen and oxygen atoms in total. The Kier molecular flexibility index (Phi) is 9.43. The molecule has 1 N–H and O–H groups in total. The molecule has 146 valence electrons. The number of carboxylic acids is 1. The van der Waals surface area contributed by atoms with E-state index in [-0.39, 0.29) is 6.42 Å². The van der Waals surface area contributed by atoms with E-state index in [1.807, 2.05) is 0 Å². The summed E-state index contributed by atoms with van der Waals surface area (Å²) in [5.41, 5.74) is 0. The van der Waals surface area contributed by atoms with Gasteiger partial charge < -0.3 is 9.53 Å². The average molecular weight is 369 g/mol. The van der Waals surface area contributed by atoms with Crippen LogP contribution in [0.5, 0.6) is 0 Å². The Morgan fingerprint density at radius 2 is 1.92 bits per heavy atom. The number of hydrogen-bond acceptors (Lipinski definition) is 2. The fourth-order valence-corrected chi connectivity index (χ4v) is 5.28. The molecule has 0 bridgehead atoms. The molecule has 0 aromatic heterocycles. The first kappa shape index (κ1) is 22.4. The summed E-state index contributed by atoms with van der Waals surface area (Å²) < 4.78 is 6.56. The second-order valence-electron chi connectivity index (χ2n) is 9.27. The lowest BCUT2D eigenvalue weighted by molar-refractivity contribution is -0.137. The summed E-state index contributed by atoms with van der Waals surface area (Å²) in [4.78, 5) is 10.6. The molecule has 1 rings (SSSR count). The van der Waals surface area contributed by atoms with Crippen molar-refractivity contribution in [3.8, 4) is 0 Å². The highest BCUT2D eigenvalue weighted by atomic mass is 28.4. The van der Waals surface area contributed by atoms with Crippen molar-refractivity contribution >= 4 is 14.3 Å². The number of rotatable bonds is 11. The molecule has 4 heteroatoms. The van der Waals surface area contributed by atoms with E-state index in [0.717, 1.165) is 37.0 Å². The fourth-order valence-electron chi connectivity index (χ4n) is 4.10. The third-order valence-corrected chi connectivity index (χ3v) is 6.29. The van der Waals surface area contributed by atoms with E-state index in [2.05, 4.69) is 52.6 Å². The molecule has 0 unspecified atom stereocenters. The summed E-state index contributed by atoms with van der Waals surface area (Å²) in [7, 11) is -1.53. The first-order chi connectivity index (χ1) is 11.6. The van der Waals surface area contributed by atoms with Gasteiger partial charge in [0.2, 0.25) is 0 Å². The lowest BCUT2D eigenvalue weighted by atomic mass is 9.82. The van der Waals surface area contributed by atoms with Gasteiger partial charge in [-0.2, -0.15) is 0 Å². The van der Waals surface area contributed by atoms with E-state index >= 15 is 0 Å². The molecule has 1 aliphatic rings. The van der Waals surface area contributed by atoms with E-state index in [1.54, 1.807) is 0 Å². The minimum absolute atomic E-state index is 0.267. The number of hydrogen-bond donors (Lipinski definition) is 1. The molecule has 0 spiro atoms. The van der Waals surface area contributed by atoms with E-state index in [4.69, 9.17) is 9.53 Å². The number of carboxylic acid groups (broad SMARTS) is 1. The molecule has 0 amide bonds. The smallest absolute Gasteiger partial charge is 0.303 e. The van der Waals surface area contributed by atoms with Gasteiger partial charge in [-0.3, -0.25) is 4.79 Å². The van der Waals surface area contributed by atoms with Crippen molar-refractivity contribution in [2.45, 2.75) is 91.5 Å². The third-order valence-electron chi connectivity index (χ3n) is 5.28. The topological polar surface area (TPSA) is 46.5 Å². The maximum atomic E-state index is 10.6. The van der Waals surface area contributed by atoms with E-state index in [1.165, 1.54) is 19.3 Å². The number of aliphatic carboxylic acids is 1. The van der Waals surface area contributed by atoms with Gasteiger partial charge in [0.1, 0.15) is 0 Å². The molecule has 1 saturated carbocycles. The molecular formula is C21H40O3Si. The van der Waals surface area contributed by atoms with Crippen LogP contribution in [0.25, 0.3) is 0 Å². The van der Waals surface area contributed by atoms with E-state index in [0.29, 0.717) is 12.0 Å². The van der Waals surface area contributed by atoms with Crippen LogP contribution in [-0.2, 0) is 9.22 Å². The number of allylic oxidation sites excluding steroid dienone is 2. The van der Waals surface area contributed by atoms with Gasteiger partial charge in [0.25, 0.3) is 0 Å².